The molecular formula is C25H41N3O. The number of hydrogen-bond acceptors (Lipinski definition) is 3. The quantitative estimate of drug-likeness (QED) is 0.411. The van der Waals surface area contributed by atoms with Crippen molar-refractivity contribution in [2.45, 2.75) is 87.1 Å². The summed E-state index contributed by atoms with van der Waals surface area (Å²) >= 11 is 0. The zero-order valence-electron chi connectivity index (χ0n) is 20.0. The maximum Gasteiger partial charge on any atom is 0.214 e. The number of carbonyl (C=O) groups excluding carboxylic acids is 1. The number of nitrogens with zero attached hydrogens (tertiary/aromatic N) is 3. The van der Waals surface area contributed by atoms with Crippen LogP contribution in [0.3, 0.4) is 0 Å². The van der Waals surface area contributed by atoms with Crippen molar-refractivity contribution in [3.63, 3.8) is 0 Å². The lowest BCUT2D eigenvalue weighted by molar-refractivity contribution is -0.123. The van der Waals surface area contributed by atoms with Gasteiger partial charge in [0.2, 0.25) is 6.41 Å². The number of hydrogen-bond donors (Lipinski definition) is 0. The van der Waals surface area contributed by atoms with Gasteiger partial charge in [-0.3, -0.25) is 4.79 Å². The predicted molar refractivity (Wildman–Crippen MR) is 124 cm³/mol. The van der Waals surface area contributed by atoms with E-state index < -0.39 is 0 Å². The molecule has 0 spiro atoms. The van der Waals surface area contributed by atoms with Gasteiger partial charge in [-0.2, -0.15) is 0 Å². The van der Waals surface area contributed by atoms with E-state index in [-0.39, 0.29) is 11.0 Å². The minimum atomic E-state index is -0.144. The second-order valence-electron chi connectivity index (χ2n) is 8.41. The molecule has 1 heterocycles. The van der Waals surface area contributed by atoms with Crippen LogP contribution in [0.5, 0.6) is 0 Å². The van der Waals surface area contributed by atoms with Gasteiger partial charge in [0.25, 0.3) is 0 Å². The molecule has 29 heavy (non-hydrogen) atoms. The van der Waals surface area contributed by atoms with Crippen LogP contribution in [0.15, 0.2) is 54.2 Å². The van der Waals surface area contributed by atoms with Crippen molar-refractivity contribution in [3.05, 3.63) is 59.9 Å². The molecule has 2 rings (SSSR count). The fourth-order valence-electron chi connectivity index (χ4n) is 3.40. The highest BCUT2D eigenvalue weighted by Crippen LogP contribution is 2.50. The molecule has 1 aliphatic carbocycles. The van der Waals surface area contributed by atoms with E-state index in [0.717, 1.165) is 36.2 Å². The van der Waals surface area contributed by atoms with Crippen LogP contribution in [0.4, 0.5) is 0 Å². The summed E-state index contributed by atoms with van der Waals surface area (Å²) in [6.07, 6.45) is 11.7. The Balaban J connectivity index is 0.000000722. The van der Waals surface area contributed by atoms with Gasteiger partial charge in [0.05, 0.1) is 0 Å². The summed E-state index contributed by atoms with van der Waals surface area (Å²) in [5, 5.41) is 0. The molecular weight excluding hydrogens is 358 g/mol. The average Bonchev–Trinajstić information content (AvgIpc) is 2.94. The Morgan fingerprint density at radius 1 is 1.14 bits per heavy atom. The third-order valence-electron chi connectivity index (χ3n) is 5.56. The van der Waals surface area contributed by atoms with Gasteiger partial charge in [0.1, 0.15) is 6.33 Å². The second kappa shape index (κ2) is 12.4. The molecule has 1 fully saturated rings. The van der Waals surface area contributed by atoms with Gasteiger partial charge < -0.3 is 4.90 Å². The van der Waals surface area contributed by atoms with Gasteiger partial charge in [-0.15, -0.1) is 0 Å². The van der Waals surface area contributed by atoms with Gasteiger partial charge in [0.15, 0.2) is 0 Å². The summed E-state index contributed by atoms with van der Waals surface area (Å²) in [6, 6.07) is 1.86. The van der Waals surface area contributed by atoms with E-state index in [1.807, 2.05) is 50.8 Å². The number of aromatic nitrogens is 2. The molecule has 1 aliphatic rings. The Bertz CT molecular complexity index is 700. The number of carbonyl (C=O) groups is 1. The first kappa shape index (κ1) is 26.8. The molecule has 0 saturated heterocycles. The molecule has 0 aromatic carbocycles. The van der Waals surface area contributed by atoms with E-state index in [4.69, 9.17) is 0 Å². The Morgan fingerprint density at radius 2 is 1.76 bits per heavy atom. The largest absolute Gasteiger partial charge is 0.308 e. The number of rotatable bonds is 5. The second-order valence-corrected chi connectivity index (χ2v) is 8.41. The molecule has 1 atom stereocenters. The van der Waals surface area contributed by atoms with E-state index in [0.29, 0.717) is 0 Å². The lowest BCUT2D eigenvalue weighted by Crippen LogP contribution is -2.52. The van der Waals surface area contributed by atoms with Gasteiger partial charge >= 0.3 is 0 Å². The zero-order chi connectivity index (χ0) is 22.7. The highest BCUT2D eigenvalue weighted by atomic mass is 16.1. The summed E-state index contributed by atoms with van der Waals surface area (Å²) in [7, 11) is 0. The summed E-state index contributed by atoms with van der Waals surface area (Å²) in [5.74, 6) is 0. The first-order valence-electron chi connectivity index (χ1n) is 10.5. The molecule has 4 heteroatoms. The van der Waals surface area contributed by atoms with Crippen molar-refractivity contribution in [2.75, 3.05) is 0 Å². The molecule has 1 saturated carbocycles. The number of allylic oxidation sites excluding steroid dienone is 4. The number of amides is 1. The normalized spacial score (nSPS) is 19.7. The van der Waals surface area contributed by atoms with Crippen LogP contribution in [0.25, 0.3) is 0 Å². The zero-order valence-corrected chi connectivity index (χ0v) is 20.0. The van der Waals surface area contributed by atoms with Gasteiger partial charge in [-0.05, 0) is 70.6 Å². The van der Waals surface area contributed by atoms with Crippen LogP contribution in [0.1, 0.15) is 80.3 Å². The Kier molecular flexibility index (Phi) is 11.4. The molecule has 1 amide bonds. The predicted octanol–water partition coefficient (Wildman–Crippen LogP) is 6.65. The maximum atomic E-state index is 11.8. The van der Waals surface area contributed by atoms with Gasteiger partial charge in [-0.25, -0.2) is 9.97 Å². The Morgan fingerprint density at radius 3 is 2.07 bits per heavy atom. The third-order valence-corrected chi connectivity index (χ3v) is 5.56. The van der Waals surface area contributed by atoms with E-state index in [1.54, 1.807) is 6.20 Å². The average molecular weight is 400 g/mol. The van der Waals surface area contributed by atoms with Crippen LogP contribution in [0, 0.1) is 12.3 Å². The molecule has 1 aromatic heterocycles. The lowest BCUT2D eigenvalue weighted by atomic mass is 9.74. The fourth-order valence-corrected chi connectivity index (χ4v) is 3.40. The molecule has 0 aliphatic heterocycles. The van der Waals surface area contributed by atoms with Crippen molar-refractivity contribution < 1.29 is 4.79 Å². The van der Waals surface area contributed by atoms with Crippen LogP contribution in [0.2, 0.25) is 0 Å². The molecule has 0 radical (unpaired) electrons. The first-order chi connectivity index (χ1) is 13.5. The van der Waals surface area contributed by atoms with E-state index in [1.165, 1.54) is 18.3 Å². The van der Waals surface area contributed by atoms with Crippen molar-refractivity contribution in [1.82, 2.24) is 14.9 Å². The van der Waals surface area contributed by atoms with Crippen LogP contribution < -0.4 is 0 Å². The SMILES string of the molecule is C=C(C)/C(=C/C=C(C)C)N(C=O)C1(C)CCCC1(C)C.CC.Cc1ccncn1. The molecule has 162 valence electrons. The standard InChI is InChI=1S/C18H29NO.C5H6N2.C2H6/c1-14(2)9-10-16(15(3)4)19(13-20)18(7)12-8-11-17(18,5)6;1-5-2-3-6-4-7-5;1-2/h9-10,13H,3,8,11-12H2,1-2,4-7H3;2-4H,1H3;1-2H3/b16-10-;;. The Hall–Kier alpha value is -2.23. The van der Waals surface area contributed by atoms with Crippen molar-refractivity contribution in [2.24, 2.45) is 5.41 Å². The smallest absolute Gasteiger partial charge is 0.214 e. The topological polar surface area (TPSA) is 46.1 Å². The first-order valence-corrected chi connectivity index (χ1v) is 10.5. The summed E-state index contributed by atoms with van der Waals surface area (Å²) in [6.45, 7) is 22.8. The van der Waals surface area contributed by atoms with E-state index in [9.17, 15) is 4.79 Å². The maximum absolute atomic E-state index is 11.8. The Labute approximate surface area is 178 Å². The third kappa shape index (κ3) is 7.60. The molecule has 4 nitrogen and oxygen atoms in total. The monoisotopic (exact) mass is 399 g/mol. The molecule has 1 unspecified atom stereocenters. The van der Waals surface area contributed by atoms with Crippen molar-refractivity contribution in [3.8, 4) is 0 Å². The van der Waals surface area contributed by atoms with Crippen LogP contribution in [-0.2, 0) is 4.79 Å². The van der Waals surface area contributed by atoms with Crippen LogP contribution >= 0.6 is 0 Å². The van der Waals surface area contributed by atoms with E-state index >= 15 is 0 Å². The van der Waals surface area contributed by atoms with Crippen molar-refractivity contribution >= 4 is 6.41 Å². The summed E-state index contributed by atoms with van der Waals surface area (Å²) in [4.78, 5) is 21.3. The lowest BCUT2D eigenvalue weighted by Gasteiger charge is -2.46. The minimum absolute atomic E-state index is 0.118. The van der Waals surface area contributed by atoms with Crippen LogP contribution in [-0.4, -0.2) is 26.8 Å². The van der Waals surface area contributed by atoms with Gasteiger partial charge in [0, 0.05) is 23.1 Å². The van der Waals surface area contributed by atoms with E-state index in [2.05, 4.69) is 51.2 Å². The van der Waals surface area contributed by atoms with Crippen molar-refractivity contribution in [1.29, 1.82) is 0 Å². The molecule has 1 aromatic rings. The highest BCUT2D eigenvalue weighted by molar-refractivity contribution is 5.57. The molecule has 0 bridgehead atoms. The van der Waals surface area contributed by atoms with Gasteiger partial charge in [-0.1, -0.05) is 52.3 Å². The summed E-state index contributed by atoms with van der Waals surface area (Å²) in [5.41, 5.74) is 4.06. The highest BCUT2D eigenvalue weighted by Gasteiger charge is 2.49. The number of aryl methyl sites for hydroxylation is 1. The summed E-state index contributed by atoms with van der Waals surface area (Å²) < 4.78 is 0. The minimum Gasteiger partial charge on any atom is -0.308 e. The molecule has 0 N–H and O–H groups in total. The fraction of sp³-hybridized carbons (Fsp3) is 0.560.